The summed E-state index contributed by atoms with van der Waals surface area (Å²) in [4.78, 5) is 16.4. The minimum absolute atomic E-state index is 0.0981. The highest BCUT2D eigenvalue weighted by molar-refractivity contribution is 5.75. The van der Waals surface area contributed by atoms with E-state index in [4.69, 9.17) is 9.84 Å². The molecule has 1 unspecified atom stereocenters. The lowest BCUT2D eigenvalue weighted by molar-refractivity contribution is -0.147. The maximum Gasteiger partial charge on any atom is 0.323 e. The van der Waals surface area contributed by atoms with Crippen LogP contribution in [-0.4, -0.2) is 73.4 Å². The van der Waals surface area contributed by atoms with Crippen LogP contribution in [0.15, 0.2) is 0 Å². The van der Waals surface area contributed by atoms with Crippen molar-refractivity contribution in [3.63, 3.8) is 0 Å². The Labute approximate surface area is 116 Å². The first kappa shape index (κ1) is 16.4. The van der Waals surface area contributed by atoms with E-state index in [0.29, 0.717) is 0 Å². The van der Waals surface area contributed by atoms with E-state index in [1.165, 1.54) is 7.11 Å². The number of rotatable bonds is 7. The van der Waals surface area contributed by atoms with Crippen molar-refractivity contribution in [1.82, 2.24) is 9.80 Å². The van der Waals surface area contributed by atoms with Crippen molar-refractivity contribution in [2.45, 2.75) is 38.6 Å². The van der Waals surface area contributed by atoms with Gasteiger partial charge in [0.15, 0.2) is 0 Å². The molecule has 0 aromatic carbocycles. The van der Waals surface area contributed by atoms with Crippen LogP contribution in [-0.2, 0) is 9.53 Å². The second kappa shape index (κ2) is 9.28. The van der Waals surface area contributed by atoms with E-state index in [-0.39, 0.29) is 18.6 Å². The third-order valence-electron chi connectivity index (χ3n) is 3.78. The predicted octanol–water partition coefficient (Wildman–Crippen LogP) is 0.718. The summed E-state index contributed by atoms with van der Waals surface area (Å²) >= 11 is 0. The molecule has 1 fully saturated rings. The van der Waals surface area contributed by atoms with E-state index in [1.54, 1.807) is 0 Å². The van der Waals surface area contributed by atoms with Gasteiger partial charge >= 0.3 is 5.97 Å². The van der Waals surface area contributed by atoms with Crippen molar-refractivity contribution in [2.75, 3.05) is 46.4 Å². The Balaban J connectivity index is 2.55. The van der Waals surface area contributed by atoms with Crippen LogP contribution in [0.5, 0.6) is 0 Å². The van der Waals surface area contributed by atoms with Crippen molar-refractivity contribution in [2.24, 2.45) is 0 Å². The summed E-state index contributed by atoms with van der Waals surface area (Å²) in [5.74, 6) is -0.107. The Bertz CT molecular complexity index is 261. The predicted molar refractivity (Wildman–Crippen MR) is 75.0 cm³/mol. The highest BCUT2D eigenvalue weighted by Crippen LogP contribution is 2.14. The van der Waals surface area contributed by atoms with Gasteiger partial charge in [0.05, 0.1) is 13.7 Å². The number of hydrogen-bond acceptors (Lipinski definition) is 5. The number of ether oxygens (including phenoxy) is 1. The van der Waals surface area contributed by atoms with E-state index in [9.17, 15) is 4.79 Å². The average molecular weight is 272 g/mol. The third kappa shape index (κ3) is 5.47. The molecule has 0 aromatic heterocycles. The van der Waals surface area contributed by atoms with Crippen LogP contribution in [0, 0.1) is 0 Å². The van der Waals surface area contributed by atoms with Gasteiger partial charge in [-0.2, -0.15) is 0 Å². The number of nitrogens with zero attached hydrogens (tertiary/aromatic N) is 2. The number of carbonyl (C=O) groups excluding carboxylic acids is 1. The fraction of sp³-hybridized carbons (Fsp3) is 0.929. The Morgan fingerprint density at radius 3 is 2.74 bits per heavy atom. The Morgan fingerprint density at radius 2 is 2.11 bits per heavy atom. The van der Waals surface area contributed by atoms with Crippen molar-refractivity contribution < 1.29 is 14.6 Å². The molecule has 0 amide bonds. The van der Waals surface area contributed by atoms with Crippen LogP contribution >= 0.6 is 0 Å². The van der Waals surface area contributed by atoms with Crippen molar-refractivity contribution in [3.05, 3.63) is 0 Å². The van der Waals surface area contributed by atoms with Crippen LogP contribution in [0.25, 0.3) is 0 Å². The van der Waals surface area contributed by atoms with Crippen molar-refractivity contribution >= 4 is 5.97 Å². The molecule has 0 saturated carbocycles. The quantitative estimate of drug-likeness (QED) is 0.692. The molecule has 5 heteroatoms. The van der Waals surface area contributed by atoms with Gasteiger partial charge in [-0.15, -0.1) is 0 Å². The Morgan fingerprint density at radius 1 is 1.32 bits per heavy atom. The highest BCUT2D eigenvalue weighted by Gasteiger charge is 2.27. The maximum absolute atomic E-state index is 11.9. The summed E-state index contributed by atoms with van der Waals surface area (Å²) in [6.45, 7) is 6.80. The van der Waals surface area contributed by atoms with E-state index < -0.39 is 0 Å². The molecule has 1 atom stereocenters. The van der Waals surface area contributed by atoms with Crippen LogP contribution in [0.3, 0.4) is 0 Å². The molecule has 0 aliphatic carbocycles. The fourth-order valence-electron chi connectivity index (χ4n) is 2.65. The number of methoxy groups -OCH3 is 1. The van der Waals surface area contributed by atoms with Crippen LogP contribution in [0.1, 0.15) is 32.6 Å². The molecule has 1 saturated heterocycles. The van der Waals surface area contributed by atoms with Crippen LogP contribution in [0.2, 0.25) is 0 Å². The first-order chi connectivity index (χ1) is 9.22. The first-order valence-electron chi connectivity index (χ1n) is 7.38. The minimum atomic E-state index is -0.107. The molecular weight excluding hydrogens is 244 g/mol. The summed E-state index contributed by atoms with van der Waals surface area (Å²) in [5, 5.41) is 9.00. The number of carbonyl (C=O) groups is 1. The standard InChI is InChI=1S/C14H28N2O3/c1-3-4-6-13(14(18)19-2)16-8-5-7-15(9-10-16)11-12-17/h13,17H,3-12H2,1-2H3. The number of aliphatic hydroxyl groups excluding tert-OH is 1. The molecule has 1 heterocycles. The van der Waals surface area contributed by atoms with Gasteiger partial charge in [-0.25, -0.2) is 0 Å². The molecule has 5 nitrogen and oxygen atoms in total. The zero-order chi connectivity index (χ0) is 14.1. The van der Waals surface area contributed by atoms with Gasteiger partial charge in [0.1, 0.15) is 6.04 Å². The maximum atomic E-state index is 11.9. The van der Waals surface area contributed by atoms with Crippen molar-refractivity contribution in [3.8, 4) is 0 Å². The van der Waals surface area contributed by atoms with E-state index in [1.807, 2.05) is 0 Å². The van der Waals surface area contributed by atoms with Crippen molar-refractivity contribution in [1.29, 1.82) is 0 Å². The lowest BCUT2D eigenvalue weighted by atomic mass is 10.1. The normalized spacial score (nSPS) is 19.9. The number of esters is 1. The van der Waals surface area contributed by atoms with Gasteiger partial charge in [0.25, 0.3) is 0 Å². The Hall–Kier alpha value is -0.650. The van der Waals surface area contributed by atoms with Gasteiger partial charge in [-0.3, -0.25) is 14.6 Å². The molecule has 1 N–H and O–H groups in total. The van der Waals surface area contributed by atoms with E-state index in [2.05, 4.69) is 16.7 Å². The fourth-order valence-corrected chi connectivity index (χ4v) is 2.65. The third-order valence-corrected chi connectivity index (χ3v) is 3.78. The first-order valence-corrected chi connectivity index (χ1v) is 7.38. The van der Waals surface area contributed by atoms with Gasteiger partial charge in [-0.1, -0.05) is 19.8 Å². The molecule has 112 valence electrons. The smallest absolute Gasteiger partial charge is 0.323 e. The number of aliphatic hydroxyl groups is 1. The molecule has 1 aliphatic heterocycles. The summed E-state index contributed by atoms with van der Waals surface area (Å²) in [7, 11) is 1.47. The molecule has 1 aliphatic rings. The molecule has 1 rings (SSSR count). The molecule has 0 radical (unpaired) electrons. The van der Waals surface area contributed by atoms with Gasteiger partial charge in [0, 0.05) is 26.2 Å². The second-order valence-corrected chi connectivity index (χ2v) is 5.14. The number of hydrogen-bond donors (Lipinski definition) is 1. The monoisotopic (exact) mass is 272 g/mol. The summed E-state index contributed by atoms with van der Waals surface area (Å²) < 4.78 is 4.94. The summed E-state index contributed by atoms with van der Waals surface area (Å²) in [6, 6.07) is -0.0981. The van der Waals surface area contributed by atoms with Gasteiger partial charge in [0.2, 0.25) is 0 Å². The summed E-state index contributed by atoms with van der Waals surface area (Å²) in [6.07, 6.45) is 4.07. The van der Waals surface area contributed by atoms with Gasteiger partial charge < -0.3 is 9.84 Å². The van der Waals surface area contributed by atoms with E-state index in [0.717, 1.165) is 58.4 Å². The summed E-state index contributed by atoms with van der Waals surface area (Å²) in [5.41, 5.74) is 0. The van der Waals surface area contributed by atoms with Crippen LogP contribution in [0.4, 0.5) is 0 Å². The number of unbranched alkanes of at least 4 members (excludes halogenated alkanes) is 1. The zero-order valence-corrected chi connectivity index (χ0v) is 12.3. The SMILES string of the molecule is CCCCC(C(=O)OC)N1CCCN(CCO)CC1. The average Bonchev–Trinajstić information content (AvgIpc) is 2.65. The largest absolute Gasteiger partial charge is 0.468 e. The molecule has 0 bridgehead atoms. The molecular formula is C14H28N2O3. The Kier molecular flexibility index (Phi) is 8.02. The zero-order valence-electron chi connectivity index (χ0n) is 12.3. The molecule has 0 aromatic rings. The van der Waals surface area contributed by atoms with Gasteiger partial charge in [-0.05, 0) is 19.4 Å². The van der Waals surface area contributed by atoms with E-state index >= 15 is 0 Å². The topological polar surface area (TPSA) is 53.0 Å². The van der Waals surface area contributed by atoms with Crippen LogP contribution < -0.4 is 0 Å². The number of β-amino-alcohol motifs (C(OH)–C–C–N with tert-alkyl or cyclic N) is 1. The minimum Gasteiger partial charge on any atom is -0.468 e. The lowest BCUT2D eigenvalue weighted by Crippen LogP contribution is -2.44. The second-order valence-electron chi connectivity index (χ2n) is 5.14. The molecule has 0 spiro atoms. The lowest BCUT2D eigenvalue weighted by Gasteiger charge is -2.28. The highest BCUT2D eigenvalue weighted by atomic mass is 16.5. The molecule has 19 heavy (non-hydrogen) atoms.